The van der Waals surface area contributed by atoms with Gasteiger partial charge in [-0.3, -0.25) is 9.59 Å². The van der Waals surface area contributed by atoms with Gasteiger partial charge in [-0.25, -0.2) is 4.39 Å². The summed E-state index contributed by atoms with van der Waals surface area (Å²) in [5, 5.41) is 5.40. The number of nitrogens with one attached hydrogen (secondary N) is 2. The minimum atomic E-state index is -0.574. The van der Waals surface area contributed by atoms with Gasteiger partial charge in [-0.05, 0) is 38.0 Å². The standard InChI is InChI=1S/C16H21FN2O3/c1-10(2)22-7-3-6-18-16(21)13-9-15(20)19-14-8-11(17)4-5-12(13)14/h4-5,8,10,13H,3,6-7,9H2,1-2H3,(H,18,21)(H,19,20)/t13-/m0/s1. The van der Waals surface area contributed by atoms with E-state index in [1.165, 1.54) is 12.1 Å². The van der Waals surface area contributed by atoms with E-state index in [4.69, 9.17) is 4.74 Å². The molecule has 0 fully saturated rings. The van der Waals surface area contributed by atoms with Crippen LogP contribution in [-0.2, 0) is 14.3 Å². The molecule has 1 aliphatic heterocycles. The van der Waals surface area contributed by atoms with Crippen LogP contribution in [0.25, 0.3) is 0 Å². The molecule has 1 aromatic carbocycles. The zero-order valence-corrected chi connectivity index (χ0v) is 12.8. The summed E-state index contributed by atoms with van der Waals surface area (Å²) in [6.45, 7) is 4.97. The molecule has 0 bridgehead atoms. The van der Waals surface area contributed by atoms with Gasteiger partial charge in [0.25, 0.3) is 0 Å². The Morgan fingerprint density at radius 2 is 2.27 bits per heavy atom. The lowest BCUT2D eigenvalue weighted by Gasteiger charge is -2.24. The summed E-state index contributed by atoms with van der Waals surface area (Å²) in [7, 11) is 0. The summed E-state index contributed by atoms with van der Waals surface area (Å²) in [6.07, 6.45) is 0.950. The van der Waals surface area contributed by atoms with Gasteiger partial charge in [0.05, 0.1) is 12.0 Å². The van der Waals surface area contributed by atoms with Crippen molar-refractivity contribution in [3.8, 4) is 0 Å². The number of anilines is 1. The summed E-state index contributed by atoms with van der Waals surface area (Å²) in [6, 6.07) is 4.09. The molecule has 0 unspecified atom stereocenters. The molecule has 120 valence electrons. The van der Waals surface area contributed by atoms with Crippen LogP contribution in [0.15, 0.2) is 18.2 Å². The number of halogens is 1. The largest absolute Gasteiger partial charge is 0.379 e. The van der Waals surface area contributed by atoms with Gasteiger partial charge in [-0.15, -0.1) is 0 Å². The lowest BCUT2D eigenvalue weighted by molar-refractivity contribution is -0.126. The molecule has 0 saturated heterocycles. The normalized spacial score (nSPS) is 17.1. The van der Waals surface area contributed by atoms with Crippen molar-refractivity contribution in [1.29, 1.82) is 0 Å². The van der Waals surface area contributed by atoms with Crippen molar-refractivity contribution in [2.75, 3.05) is 18.5 Å². The van der Waals surface area contributed by atoms with E-state index >= 15 is 0 Å². The quantitative estimate of drug-likeness (QED) is 0.792. The van der Waals surface area contributed by atoms with E-state index in [0.29, 0.717) is 30.8 Å². The van der Waals surface area contributed by atoms with Crippen molar-refractivity contribution in [2.24, 2.45) is 0 Å². The van der Waals surface area contributed by atoms with Gasteiger partial charge < -0.3 is 15.4 Å². The van der Waals surface area contributed by atoms with Crippen molar-refractivity contribution in [1.82, 2.24) is 5.32 Å². The Balaban J connectivity index is 1.94. The van der Waals surface area contributed by atoms with E-state index in [0.717, 1.165) is 0 Å². The smallest absolute Gasteiger partial charge is 0.228 e. The lowest BCUT2D eigenvalue weighted by Crippen LogP contribution is -2.35. The van der Waals surface area contributed by atoms with Crippen LogP contribution < -0.4 is 10.6 Å². The summed E-state index contributed by atoms with van der Waals surface area (Å²) in [4.78, 5) is 23.9. The summed E-state index contributed by atoms with van der Waals surface area (Å²) in [5.41, 5.74) is 1.02. The van der Waals surface area contributed by atoms with Crippen molar-refractivity contribution >= 4 is 17.5 Å². The van der Waals surface area contributed by atoms with Crippen LogP contribution in [0.2, 0.25) is 0 Å². The number of carbonyl (C=O) groups excluding carboxylic acids is 2. The van der Waals surface area contributed by atoms with Gasteiger partial charge in [-0.1, -0.05) is 6.07 Å². The first-order valence-corrected chi connectivity index (χ1v) is 7.46. The van der Waals surface area contributed by atoms with Crippen LogP contribution in [0.5, 0.6) is 0 Å². The second-order valence-electron chi connectivity index (χ2n) is 5.60. The van der Waals surface area contributed by atoms with Crippen LogP contribution in [0, 0.1) is 5.82 Å². The Kier molecular flexibility index (Phi) is 5.49. The maximum atomic E-state index is 13.2. The van der Waals surface area contributed by atoms with E-state index in [1.54, 1.807) is 6.07 Å². The van der Waals surface area contributed by atoms with E-state index in [9.17, 15) is 14.0 Å². The fraction of sp³-hybridized carbons (Fsp3) is 0.500. The molecule has 0 aromatic heterocycles. The number of benzene rings is 1. The van der Waals surface area contributed by atoms with Crippen LogP contribution in [0.3, 0.4) is 0 Å². The number of fused-ring (bicyclic) bond motifs is 1. The fourth-order valence-corrected chi connectivity index (χ4v) is 2.40. The van der Waals surface area contributed by atoms with E-state index in [1.807, 2.05) is 13.8 Å². The second-order valence-corrected chi connectivity index (χ2v) is 5.60. The summed E-state index contributed by atoms with van der Waals surface area (Å²) in [5.74, 6) is -1.50. The van der Waals surface area contributed by atoms with Gasteiger partial charge in [0.2, 0.25) is 11.8 Å². The Hall–Kier alpha value is -1.95. The molecule has 0 aliphatic carbocycles. The molecule has 0 spiro atoms. The van der Waals surface area contributed by atoms with Crippen molar-refractivity contribution < 1.29 is 18.7 Å². The van der Waals surface area contributed by atoms with Gasteiger partial charge in [0, 0.05) is 25.3 Å². The first kappa shape index (κ1) is 16.4. The third kappa shape index (κ3) is 4.27. The zero-order chi connectivity index (χ0) is 16.1. The third-order valence-electron chi connectivity index (χ3n) is 3.44. The number of ether oxygens (including phenoxy) is 1. The molecule has 1 aromatic rings. The highest BCUT2D eigenvalue weighted by molar-refractivity contribution is 6.01. The molecule has 5 nitrogen and oxygen atoms in total. The van der Waals surface area contributed by atoms with Gasteiger partial charge in [0.1, 0.15) is 5.82 Å². The molecule has 1 aliphatic rings. The van der Waals surface area contributed by atoms with Gasteiger partial charge in [0.15, 0.2) is 0 Å². The molecule has 1 atom stereocenters. The summed E-state index contributed by atoms with van der Waals surface area (Å²) >= 11 is 0. The van der Waals surface area contributed by atoms with Crippen LogP contribution in [0.1, 0.15) is 38.2 Å². The minimum Gasteiger partial charge on any atom is -0.379 e. The predicted molar refractivity (Wildman–Crippen MR) is 81.1 cm³/mol. The lowest BCUT2D eigenvalue weighted by atomic mass is 9.89. The van der Waals surface area contributed by atoms with Gasteiger partial charge in [-0.2, -0.15) is 0 Å². The molecule has 0 saturated carbocycles. The maximum absolute atomic E-state index is 13.2. The Morgan fingerprint density at radius 3 is 3.00 bits per heavy atom. The van der Waals surface area contributed by atoms with Crippen LogP contribution in [-0.4, -0.2) is 31.1 Å². The highest BCUT2D eigenvalue weighted by atomic mass is 19.1. The first-order valence-electron chi connectivity index (χ1n) is 7.46. The minimum absolute atomic E-state index is 0.0763. The molecule has 2 rings (SSSR count). The average molecular weight is 308 g/mol. The van der Waals surface area contributed by atoms with E-state index in [-0.39, 0.29) is 24.3 Å². The van der Waals surface area contributed by atoms with Crippen molar-refractivity contribution in [2.45, 2.75) is 38.7 Å². The summed E-state index contributed by atoms with van der Waals surface area (Å²) < 4.78 is 18.6. The fourth-order valence-electron chi connectivity index (χ4n) is 2.40. The molecule has 0 radical (unpaired) electrons. The number of rotatable bonds is 6. The third-order valence-corrected chi connectivity index (χ3v) is 3.44. The Bertz CT molecular complexity index is 560. The zero-order valence-electron chi connectivity index (χ0n) is 12.8. The average Bonchev–Trinajstić information content (AvgIpc) is 2.44. The highest BCUT2D eigenvalue weighted by Gasteiger charge is 2.30. The van der Waals surface area contributed by atoms with Crippen LogP contribution in [0.4, 0.5) is 10.1 Å². The molecular formula is C16H21FN2O3. The van der Waals surface area contributed by atoms with Crippen LogP contribution >= 0.6 is 0 Å². The highest BCUT2D eigenvalue weighted by Crippen LogP contribution is 2.32. The molecule has 2 amide bonds. The van der Waals surface area contributed by atoms with Gasteiger partial charge >= 0.3 is 0 Å². The first-order chi connectivity index (χ1) is 10.5. The molecule has 6 heteroatoms. The molecule has 1 heterocycles. The number of amides is 2. The van der Waals surface area contributed by atoms with E-state index in [2.05, 4.69) is 10.6 Å². The molecule has 22 heavy (non-hydrogen) atoms. The molecular weight excluding hydrogens is 287 g/mol. The SMILES string of the molecule is CC(C)OCCCNC(=O)[C@H]1CC(=O)Nc2cc(F)ccc21. The molecule has 2 N–H and O–H groups in total. The Morgan fingerprint density at radius 1 is 1.50 bits per heavy atom. The van der Waals surface area contributed by atoms with E-state index < -0.39 is 11.7 Å². The second kappa shape index (κ2) is 7.35. The number of hydrogen-bond acceptors (Lipinski definition) is 3. The Labute approximate surface area is 129 Å². The van der Waals surface area contributed by atoms with Crippen molar-refractivity contribution in [3.05, 3.63) is 29.6 Å². The monoisotopic (exact) mass is 308 g/mol. The number of carbonyl (C=O) groups is 2. The maximum Gasteiger partial charge on any atom is 0.228 e. The number of hydrogen-bond donors (Lipinski definition) is 2. The van der Waals surface area contributed by atoms with Crippen molar-refractivity contribution in [3.63, 3.8) is 0 Å². The predicted octanol–water partition coefficient (Wildman–Crippen LogP) is 2.18. The topological polar surface area (TPSA) is 67.4 Å².